The second-order valence-electron chi connectivity index (χ2n) is 7.87. The molecular weight excluding hydrogens is 388 g/mol. The Labute approximate surface area is 174 Å². The fourth-order valence-electron chi connectivity index (χ4n) is 4.81. The van der Waals surface area contributed by atoms with E-state index in [0.717, 1.165) is 10.4 Å². The van der Waals surface area contributed by atoms with Gasteiger partial charge >= 0.3 is 0 Å². The number of likely N-dealkylation sites (N-methyl/N-ethyl adjacent to an activating group) is 1. The lowest BCUT2D eigenvalue weighted by Crippen LogP contribution is -2.51. The van der Waals surface area contributed by atoms with E-state index < -0.39 is 11.7 Å². The van der Waals surface area contributed by atoms with Crippen molar-refractivity contribution < 1.29 is 19.1 Å². The normalized spacial score (nSPS) is 26.0. The molecule has 0 aliphatic carbocycles. The minimum atomic E-state index is -0.513. The van der Waals surface area contributed by atoms with Gasteiger partial charge in [-0.25, -0.2) is 0 Å². The van der Waals surface area contributed by atoms with Gasteiger partial charge in [-0.3, -0.25) is 9.59 Å². The monoisotopic (exact) mass is 412 g/mol. The topological polar surface area (TPSA) is 59.1 Å². The molecule has 2 atom stereocenters. The fraction of sp³-hybridized carbons (Fsp3) is 0.455. The van der Waals surface area contributed by atoms with Gasteiger partial charge in [-0.05, 0) is 23.1 Å². The van der Waals surface area contributed by atoms with Crippen molar-refractivity contribution in [2.24, 2.45) is 0 Å². The van der Waals surface area contributed by atoms with E-state index in [1.807, 2.05) is 46.7 Å². The van der Waals surface area contributed by atoms with Crippen LogP contribution in [0, 0.1) is 0 Å². The Kier molecular flexibility index (Phi) is 4.69. The minimum Gasteiger partial charge on any atom is -0.347 e. The Hall–Kier alpha value is -2.22. The van der Waals surface area contributed by atoms with Crippen LogP contribution >= 0.6 is 11.3 Å². The molecule has 0 N–H and O–H groups in total. The lowest BCUT2D eigenvalue weighted by atomic mass is 9.81. The van der Waals surface area contributed by atoms with Crippen molar-refractivity contribution in [3.05, 3.63) is 57.8 Å². The lowest BCUT2D eigenvalue weighted by molar-refractivity contribution is -0.188. The Morgan fingerprint density at radius 3 is 2.52 bits per heavy atom. The number of hydrogen-bond acceptors (Lipinski definition) is 5. The molecule has 3 aliphatic rings. The molecule has 5 rings (SSSR count). The van der Waals surface area contributed by atoms with Crippen LogP contribution in [0.1, 0.15) is 45.6 Å². The number of amides is 2. The highest BCUT2D eigenvalue weighted by molar-refractivity contribution is 7.10. The molecule has 29 heavy (non-hydrogen) atoms. The largest absolute Gasteiger partial charge is 0.347 e. The summed E-state index contributed by atoms with van der Waals surface area (Å²) in [6.45, 7) is 2.45. The van der Waals surface area contributed by atoms with Gasteiger partial charge in [0, 0.05) is 43.4 Å². The van der Waals surface area contributed by atoms with Crippen LogP contribution in [0.3, 0.4) is 0 Å². The van der Waals surface area contributed by atoms with Crippen LogP contribution in [0.25, 0.3) is 0 Å². The minimum absolute atomic E-state index is 0.0339. The van der Waals surface area contributed by atoms with Crippen LogP contribution in [0.5, 0.6) is 0 Å². The summed E-state index contributed by atoms with van der Waals surface area (Å²) in [5.74, 6) is -0.885. The van der Waals surface area contributed by atoms with Crippen molar-refractivity contribution in [2.45, 2.75) is 30.6 Å². The molecular formula is C22H24N2O4S. The molecule has 3 aliphatic heterocycles. The van der Waals surface area contributed by atoms with Gasteiger partial charge < -0.3 is 19.3 Å². The van der Waals surface area contributed by atoms with Crippen molar-refractivity contribution >= 4 is 23.2 Å². The number of carbonyl (C=O) groups is 2. The molecule has 2 saturated heterocycles. The number of ether oxygens (including phenoxy) is 2. The molecule has 4 heterocycles. The van der Waals surface area contributed by atoms with Crippen molar-refractivity contribution in [3.8, 4) is 0 Å². The molecule has 1 spiro atoms. The predicted molar refractivity (Wildman–Crippen MR) is 109 cm³/mol. The predicted octanol–water partition coefficient (Wildman–Crippen LogP) is 3.02. The van der Waals surface area contributed by atoms with E-state index in [1.165, 1.54) is 0 Å². The number of hydrogen-bond donors (Lipinski definition) is 0. The van der Waals surface area contributed by atoms with Gasteiger partial charge in [-0.15, -0.1) is 11.3 Å². The maximum absolute atomic E-state index is 13.8. The molecule has 2 aromatic rings. The molecule has 2 amide bonds. The van der Waals surface area contributed by atoms with Crippen LogP contribution in [-0.4, -0.2) is 60.8 Å². The van der Waals surface area contributed by atoms with E-state index in [4.69, 9.17) is 9.47 Å². The summed E-state index contributed by atoms with van der Waals surface area (Å²) in [7, 11) is 1.80. The number of rotatable bonds is 2. The van der Waals surface area contributed by atoms with Crippen LogP contribution in [0.15, 0.2) is 41.8 Å². The maximum Gasteiger partial charge on any atom is 0.254 e. The Morgan fingerprint density at radius 2 is 1.83 bits per heavy atom. The summed E-state index contributed by atoms with van der Waals surface area (Å²) in [4.78, 5) is 31.5. The van der Waals surface area contributed by atoms with Gasteiger partial charge in [0.25, 0.3) is 5.91 Å². The van der Waals surface area contributed by atoms with Gasteiger partial charge in [0.15, 0.2) is 5.79 Å². The summed E-state index contributed by atoms with van der Waals surface area (Å²) in [6.07, 6.45) is 1.37. The number of nitrogens with zero attached hydrogens (tertiary/aromatic N) is 2. The lowest BCUT2D eigenvalue weighted by Gasteiger charge is -2.43. The van der Waals surface area contributed by atoms with Gasteiger partial charge in [0.2, 0.25) is 5.91 Å². The van der Waals surface area contributed by atoms with Crippen LogP contribution in [0.4, 0.5) is 0 Å². The second-order valence-corrected chi connectivity index (χ2v) is 8.85. The van der Waals surface area contributed by atoms with E-state index in [-0.39, 0.29) is 17.9 Å². The number of carbonyl (C=O) groups excluding carboxylic acids is 2. The van der Waals surface area contributed by atoms with Crippen LogP contribution in [0.2, 0.25) is 0 Å². The number of fused-ring (bicyclic) bond motifs is 1. The highest BCUT2D eigenvalue weighted by atomic mass is 32.1. The highest BCUT2D eigenvalue weighted by Gasteiger charge is 2.47. The number of likely N-dealkylation sites (tertiary alicyclic amines) is 1. The smallest absolute Gasteiger partial charge is 0.254 e. The number of benzene rings is 1. The van der Waals surface area contributed by atoms with Crippen LogP contribution in [-0.2, 0) is 14.3 Å². The molecule has 6 nitrogen and oxygen atoms in total. The summed E-state index contributed by atoms with van der Waals surface area (Å²) in [5, 5.41) is 2.00. The fourth-order valence-corrected chi connectivity index (χ4v) is 5.71. The molecule has 1 aromatic carbocycles. The molecule has 0 unspecified atom stereocenters. The van der Waals surface area contributed by atoms with Crippen LogP contribution < -0.4 is 0 Å². The first-order valence-corrected chi connectivity index (χ1v) is 10.9. The standard InChI is InChI=1S/C22H24N2O4S/c1-23-19(17-7-4-14-29-17)18(15-5-2-3-6-16(15)20(23)25)21(26)24-10-8-22(9-11-24)27-12-13-28-22/h2-7,14,18-19H,8-13H2,1H3/t18-,19+/m1/s1. The number of thiophene rings is 1. The molecule has 0 radical (unpaired) electrons. The van der Waals surface area contributed by atoms with E-state index >= 15 is 0 Å². The summed E-state index contributed by atoms with van der Waals surface area (Å²) >= 11 is 1.59. The van der Waals surface area contributed by atoms with Crippen molar-refractivity contribution in [3.63, 3.8) is 0 Å². The Bertz CT molecular complexity index is 913. The van der Waals surface area contributed by atoms with Gasteiger partial charge in [0.1, 0.15) is 0 Å². The first kappa shape index (κ1) is 18.8. The molecule has 1 aromatic heterocycles. The van der Waals surface area contributed by atoms with E-state index in [1.54, 1.807) is 23.3 Å². The van der Waals surface area contributed by atoms with E-state index in [2.05, 4.69) is 0 Å². The molecule has 7 heteroatoms. The SMILES string of the molecule is CN1C(=O)c2ccccc2[C@@H](C(=O)N2CCC3(CC2)OCCO3)[C@@H]1c1cccs1. The third kappa shape index (κ3) is 3.08. The Morgan fingerprint density at radius 1 is 1.10 bits per heavy atom. The molecule has 0 bridgehead atoms. The third-order valence-electron chi connectivity index (χ3n) is 6.33. The zero-order chi connectivity index (χ0) is 20.0. The Balaban J connectivity index is 1.49. The van der Waals surface area contributed by atoms with E-state index in [0.29, 0.717) is 44.7 Å². The molecule has 0 saturated carbocycles. The summed E-state index contributed by atoms with van der Waals surface area (Å²) in [6, 6.07) is 11.2. The average Bonchev–Trinajstić information content (AvgIpc) is 3.43. The highest BCUT2D eigenvalue weighted by Crippen LogP contribution is 2.45. The van der Waals surface area contributed by atoms with Crippen molar-refractivity contribution in [1.29, 1.82) is 0 Å². The zero-order valence-corrected chi connectivity index (χ0v) is 17.2. The third-order valence-corrected chi connectivity index (χ3v) is 7.27. The summed E-state index contributed by atoms with van der Waals surface area (Å²) < 4.78 is 11.6. The number of piperidine rings is 1. The van der Waals surface area contributed by atoms with Gasteiger partial charge in [-0.1, -0.05) is 24.3 Å². The van der Waals surface area contributed by atoms with Crippen molar-refractivity contribution in [1.82, 2.24) is 9.80 Å². The molecule has 152 valence electrons. The molecule has 2 fully saturated rings. The first-order chi connectivity index (χ1) is 14.1. The van der Waals surface area contributed by atoms with E-state index in [9.17, 15) is 9.59 Å². The second kappa shape index (κ2) is 7.23. The quantitative estimate of drug-likeness (QED) is 0.761. The van der Waals surface area contributed by atoms with Gasteiger partial charge in [0.05, 0.1) is 25.2 Å². The summed E-state index contributed by atoms with van der Waals surface area (Å²) in [5.41, 5.74) is 1.45. The maximum atomic E-state index is 13.8. The van der Waals surface area contributed by atoms with Gasteiger partial charge in [-0.2, -0.15) is 0 Å². The first-order valence-electron chi connectivity index (χ1n) is 10.1. The van der Waals surface area contributed by atoms with Crippen molar-refractivity contribution in [2.75, 3.05) is 33.4 Å². The average molecular weight is 413 g/mol. The zero-order valence-electron chi connectivity index (χ0n) is 16.4.